The van der Waals surface area contributed by atoms with Gasteiger partial charge in [0.15, 0.2) is 0 Å². The molecule has 1 unspecified atom stereocenters. The molecular weight excluding hydrogens is 337 g/mol. The van der Waals surface area contributed by atoms with Crippen LogP contribution in [0.2, 0.25) is 0 Å². The van der Waals surface area contributed by atoms with Gasteiger partial charge in [-0.25, -0.2) is 4.79 Å². The Morgan fingerprint density at radius 2 is 2.50 bits per heavy atom. The summed E-state index contributed by atoms with van der Waals surface area (Å²) in [6.45, 7) is 3.02. The number of halogens is 1. The SMILES string of the molecule is CC1(Cn2cc(I)cc2C(=O)O)CCCS1. The van der Waals surface area contributed by atoms with Crippen molar-refractivity contribution in [3.05, 3.63) is 21.5 Å². The largest absolute Gasteiger partial charge is 0.477 e. The van der Waals surface area contributed by atoms with E-state index in [1.54, 1.807) is 6.07 Å². The lowest BCUT2D eigenvalue weighted by Crippen LogP contribution is -2.25. The Morgan fingerprint density at radius 3 is 3.06 bits per heavy atom. The van der Waals surface area contributed by atoms with E-state index in [0.29, 0.717) is 5.69 Å². The van der Waals surface area contributed by atoms with Gasteiger partial charge in [0.1, 0.15) is 5.69 Å². The fraction of sp³-hybridized carbons (Fsp3) is 0.545. The molecule has 0 aliphatic carbocycles. The number of rotatable bonds is 3. The van der Waals surface area contributed by atoms with Crippen molar-refractivity contribution < 1.29 is 9.90 Å². The van der Waals surface area contributed by atoms with E-state index in [2.05, 4.69) is 29.5 Å². The molecule has 0 saturated carbocycles. The molecule has 1 aliphatic heterocycles. The summed E-state index contributed by atoms with van der Waals surface area (Å²) in [5.74, 6) is 0.353. The van der Waals surface area contributed by atoms with E-state index in [4.69, 9.17) is 5.11 Å². The highest BCUT2D eigenvalue weighted by Gasteiger charge is 2.31. The molecule has 0 spiro atoms. The van der Waals surface area contributed by atoms with Crippen molar-refractivity contribution in [1.29, 1.82) is 0 Å². The second-order valence-corrected chi connectivity index (χ2v) is 7.31. The number of aromatic nitrogens is 1. The van der Waals surface area contributed by atoms with Gasteiger partial charge in [0, 0.05) is 21.1 Å². The first-order valence-corrected chi connectivity index (χ1v) is 7.30. The number of carboxylic acids is 1. The second kappa shape index (κ2) is 4.60. The van der Waals surface area contributed by atoms with E-state index < -0.39 is 5.97 Å². The quantitative estimate of drug-likeness (QED) is 0.851. The summed E-state index contributed by atoms with van der Waals surface area (Å²) in [5, 5.41) is 9.11. The van der Waals surface area contributed by atoms with Crippen LogP contribution in [-0.2, 0) is 6.54 Å². The van der Waals surface area contributed by atoms with Crippen LogP contribution in [0.25, 0.3) is 0 Å². The number of nitrogens with zero attached hydrogens (tertiary/aromatic N) is 1. The number of thioether (sulfide) groups is 1. The van der Waals surface area contributed by atoms with Crippen molar-refractivity contribution in [2.24, 2.45) is 0 Å². The molecule has 0 radical (unpaired) electrons. The Labute approximate surface area is 113 Å². The van der Waals surface area contributed by atoms with Gasteiger partial charge in [-0.15, -0.1) is 0 Å². The molecule has 1 fully saturated rings. The molecule has 0 bridgehead atoms. The van der Waals surface area contributed by atoms with E-state index in [0.717, 1.165) is 10.1 Å². The van der Waals surface area contributed by atoms with Crippen LogP contribution in [0, 0.1) is 3.57 Å². The zero-order valence-electron chi connectivity index (χ0n) is 9.07. The molecule has 1 N–H and O–H groups in total. The van der Waals surface area contributed by atoms with Crippen LogP contribution in [0.15, 0.2) is 12.3 Å². The molecule has 2 rings (SSSR count). The molecule has 2 heterocycles. The molecule has 1 atom stereocenters. The number of carbonyl (C=O) groups is 1. The lowest BCUT2D eigenvalue weighted by molar-refractivity contribution is 0.0684. The van der Waals surface area contributed by atoms with Crippen LogP contribution in [0.3, 0.4) is 0 Å². The van der Waals surface area contributed by atoms with E-state index >= 15 is 0 Å². The highest BCUT2D eigenvalue weighted by atomic mass is 127. The van der Waals surface area contributed by atoms with E-state index in [-0.39, 0.29) is 4.75 Å². The van der Waals surface area contributed by atoms with Crippen molar-refractivity contribution in [2.45, 2.75) is 31.1 Å². The van der Waals surface area contributed by atoms with Crippen LogP contribution in [0.5, 0.6) is 0 Å². The minimum Gasteiger partial charge on any atom is -0.477 e. The topological polar surface area (TPSA) is 42.2 Å². The van der Waals surface area contributed by atoms with E-state index in [1.165, 1.54) is 18.6 Å². The Balaban J connectivity index is 2.23. The van der Waals surface area contributed by atoms with Crippen LogP contribution in [0.4, 0.5) is 0 Å². The normalized spacial score (nSPS) is 24.9. The van der Waals surface area contributed by atoms with Crippen molar-refractivity contribution in [1.82, 2.24) is 4.57 Å². The number of hydrogen-bond acceptors (Lipinski definition) is 2. The second-order valence-electron chi connectivity index (χ2n) is 4.38. The summed E-state index contributed by atoms with van der Waals surface area (Å²) < 4.78 is 3.07. The van der Waals surface area contributed by atoms with Crippen molar-refractivity contribution >= 4 is 40.3 Å². The van der Waals surface area contributed by atoms with E-state index in [9.17, 15) is 4.79 Å². The smallest absolute Gasteiger partial charge is 0.352 e. The van der Waals surface area contributed by atoms with Gasteiger partial charge in [-0.2, -0.15) is 11.8 Å². The predicted molar refractivity (Wildman–Crippen MR) is 74.2 cm³/mol. The van der Waals surface area contributed by atoms with E-state index in [1.807, 2.05) is 22.5 Å². The molecule has 0 amide bonds. The van der Waals surface area contributed by atoms with Gasteiger partial charge in [0.2, 0.25) is 0 Å². The highest BCUT2D eigenvalue weighted by molar-refractivity contribution is 14.1. The van der Waals surface area contributed by atoms with Gasteiger partial charge in [-0.3, -0.25) is 0 Å². The first-order chi connectivity index (χ1) is 7.50. The molecule has 0 aromatic carbocycles. The summed E-state index contributed by atoms with van der Waals surface area (Å²) in [6, 6.07) is 1.73. The Morgan fingerprint density at radius 1 is 1.75 bits per heavy atom. The average Bonchev–Trinajstić information content (AvgIpc) is 2.73. The standard InChI is InChI=1S/C11H14INO2S/c1-11(3-2-4-16-11)7-13-6-8(12)5-9(13)10(14)15/h5-6H,2-4,7H2,1H3,(H,14,15). The summed E-state index contributed by atoms with van der Waals surface area (Å²) >= 11 is 4.11. The molecule has 1 aromatic heterocycles. The molecule has 1 saturated heterocycles. The Kier molecular flexibility index (Phi) is 3.53. The number of hydrogen-bond donors (Lipinski definition) is 1. The molecule has 1 aliphatic rings. The molecule has 5 heteroatoms. The summed E-state index contributed by atoms with van der Waals surface area (Å²) in [6.07, 6.45) is 4.33. The monoisotopic (exact) mass is 351 g/mol. The zero-order chi connectivity index (χ0) is 11.8. The van der Waals surface area contributed by atoms with Crippen molar-refractivity contribution in [3.63, 3.8) is 0 Å². The first-order valence-electron chi connectivity index (χ1n) is 5.23. The van der Waals surface area contributed by atoms with Crippen LogP contribution in [-0.4, -0.2) is 26.1 Å². The molecule has 1 aromatic rings. The van der Waals surface area contributed by atoms with Crippen LogP contribution >= 0.6 is 34.4 Å². The fourth-order valence-electron chi connectivity index (χ4n) is 2.11. The van der Waals surface area contributed by atoms with Gasteiger partial charge in [0.25, 0.3) is 0 Å². The highest BCUT2D eigenvalue weighted by Crippen LogP contribution is 2.39. The third-order valence-electron chi connectivity index (χ3n) is 2.89. The lowest BCUT2D eigenvalue weighted by Gasteiger charge is -2.23. The zero-order valence-corrected chi connectivity index (χ0v) is 12.0. The van der Waals surface area contributed by atoms with Gasteiger partial charge >= 0.3 is 5.97 Å². The lowest BCUT2D eigenvalue weighted by atomic mass is 10.1. The maximum Gasteiger partial charge on any atom is 0.352 e. The molecular formula is C11H14INO2S. The fourth-order valence-corrected chi connectivity index (χ4v) is 4.04. The van der Waals surface area contributed by atoms with Crippen LogP contribution < -0.4 is 0 Å². The van der Waals surface area contributed by atoms with Crippen molar-refractivity contribution in [2.75, 3.05) is 5.75 Å². The minimum absolute atomic E-state index is 0.201. The minimum atomic E-state index is -0.838. The third kappa shape index (κ3) is 2.56. The van der Waals surface area contributed by atoms with Crippen LogP contribution in [0.1, 0.15) is 30.3 Å². The van der Waals surface area contributed by atoms with Gasteiger partial charge in [-0.05, 0) is 54.2 Å². The number of aromatic carboxylic acids is 1. The van der Waals surface area contributed by atoms with Gasteiger partial charge in [-0.1, -0.05) is 0 Å². The maximum absolute atomic E-state index is 11.1. The van der Waals surface area contributed by atoms with Crippen molar-refractivity contribution in [3.8, 4) is 0 Å². The summed E-state index contributed by atoms with van der Waals surface area (Å²) in [5.41, 5.74) is 0.401. The summed E-state index contributed by atoms with van der Waals surface area (Å²) in [4.78, 5) is 11.1. The van der Waals surface area contributed by atoms with Gasteiger partial charge < -0.3 is 9.67 Å². The molecule has 3 nitrogen and oxygen atoms in total. The average molecular weight is 351 g/mol. The first kappa shape index (κ1) is 12.3. The predicted octanol–water partition coefficient (Wildman–Crippen LogP) is 3.08. The third-order valence-corrected chi connectivity index (χ3v) is 5.00. The molecule has 16 heavy (non-hydrogen) atoms. The Hall–Kier alpha value is -0.170. The molecule has 88 valence electrons. The maximum atomic E-state index is 11.1. The number of carboxylic acid groups (broad SMARTS) is 1. The summed E-state index contributed by atoms with van der Waals surface area (Å²) in [7, 11) is 0. The van der Waals surface area contributed by atoms with Gasteiger partial charge in [0.05, 0.1) is 0 Å². The Bertz CT molecular complexity index is 410.